The fourth-order valence-corrected chi connectivity index (χ4v) is 4.32. The van der Waals surface area contributed by atoms with Crippen molar-refractivity contribution in [2.24, 2.45) is 0 Å². The summed E-state index contributed by atoms with van der Waals surface area (Å²) in [4.78, 5) is 12.2. The average Bonchev–Trinajstić information content (AvgIpc) is 2.74. The van der Waals surface area contributed by atoms with Crippen molar-refractivity contribution in [3.63, 3.8) is 0 Å². The molecule has 30 heavy (non-hydrogen) atoms. The van der Waals surface area contributed by atoms with Crippen LogP contribution in [0.1, 0.15) is 24.5 Å². The smallest absolute Gasteiger partial charge is 0.407 e. The van der Waals surface area contributed by atoms with E-state index < -0.39 is 28.0 Å². The van der Waals surface area contributed by atoms with Crippen molar-refractivity contribution in [1.82, 2.24) is 5.32 Å². The van der Waals surface area contributed by atoms with Crippen LogP contribution in [0.5, 0.6) is 5.75 Å². The molecule has 0 bridgehead atoms. The van der Waals surface area contributed by atoms with Crippen molar-refractivity contribution >= 4 is 28.0 Å². The van der Waals surface area contributed by atoms with Crippen LogP contribution in [0.4, 0.5) is 4.79 Å². The van der Waals surface area contributed by atoms with Crippen molar-refractivity contribution in [1.29, 1.82) is 0 Å². The summed E-state index contributed by atoms with van der Waals surface area (Å²) < 4.78 is 41.9. The molecule has 0 aliphatic heterocycles. The molecule has 0 aliphatic rings. The van der Waals surface area contributed by atoms with Crippen LogP contribution in [0.2, 0.25) is 0 Å². The van der Waals surface area contributed by atoms with E-state index in [1.165, 1.54) is 0 Å². The van der Waals surface area contributed by atoms with Gasteiger partial charge in [-0.15, -0.1) is 0 Å². The van der Waals surface area contributed by atoms with Crippen LogP contribution in [0.3, 0.4) is 0 Å². The molecule has 0 saturated heterocycles. The summed E-state index contributed by atoms with van der Waals surface area (Å²) in [6, 6.07) is 16.4. The highest BCUT2D eigenvalue weighted by atomic mass is 32.2. The Morgan fingerprint density at radius 1 is 1.10 bits per heavy atom. The summed E-state index contributed by atoms with van der Waals surface area (Å²) in [5, 5.41) is 2.62. The fourth-order valence-electron chi connectivity index (χ4n) is 2.68. The summed E-state index contributed by atoms with van der Waals surface area (Å²) in [5.41, 5.74) is 1.93. The van der Waals surface area contributed by atoms with Gasteiger partial charge in [0.05, 0.1) is 12.9 Å². The molecule has 2 unspecified atom stereocenters. The lowest BCUT2D eigenvalue weighted by Gasteiger charge is -2.24. The second kappa shape index (κ2) is 11.8. The van der Waals surface area contributed by atoms with Gasteiger partial charge in [-0.3, -0.25) is 4.55 Å². The molecule has 7 nitrogen and oxygen atoms in total. The highest BCUT2D eigenvalue weighted by Gasteiger charge is 2.23. The van der Waals surface area contributed by atoms with E-state index >= 15 is 0 Å². The molecule has 0 heterocycles. The average molecular weight is 454 g/mol. The van der Waals surface area contributed by atoms with Gasteiger partial charge in [0.2, 0.25) is 0 Å². The number of nitrogens with one attached hydrogen (secondary N) is 1. The van der Waals surface area contributed by atoms with Crippen molar-refractivity contribution < 1.29 is 27.2 Å². The van der Waals surface area contributed by atoms with Gasteiger partial charge in [-0.25, -0.2) is 4.79 Å². The molecule has 0 fully saturated rings. The number of hydrogen-bond donors (Lipinski definition) is 2. The quantitative estimate of drug-likeness (QED) is 0.498. The molecule has 164 valence electrons. The standard InChI is InChI=1S/C21H27NO6S2/c1-16(29-15-18-8-10-19(27-2)11-9-18)20(12-13-30(24,25)26)22-21(23)28-14-17-6-4-3-5-7-17/h3-11,16,20H,12-15H2,1-2H3,(H,22,23)(H,24,25,26). The van der Waals surface area contributed by atoms with E-state index in [9.17, 15) is 13.2 Å². The normalized spacial score (nSPS) is 13.3. The van der Waals surface area contributed by atoms with E-state index in [1.807, 2.05) is 61.5 Å². The number of rotatable bonds is 11. The zero-order chi connectivity index (χ0) is 22.0. The highest BCUT2D eigenvalue weighted by Crippen LogP contribution is 2.23. The van der Waals surface area contributed by atoms with E-state index in [4.69, 9.17) is 14.0 Å². The van der Waals surface area contributed by atoms with E-state index in [-0.39, 0.29) is 18.3 Å². The summed E-state index contributed by atoms with van der Waals surface area (Å²) in [6.45, 7) is 2.02. The molecule has 0 aromatic heterocycles. The van der Waals surface area contributed by atoms with Gasteiger partial charge in [0.15, 0.2) is 0 Å². The lowest BCUT2D eigenvalue weighted by atomic mass is 10.2. The fraction of sp³-hybridized carbons (Fsp3) is 0.381. The van der Waals surface area contributed by atoms with Gasteiger partial charge in [-0.05, 0) is 29.7 Å². The third-order valence-corrected chi connectivity index (χ3v) is 6.55. The van der Waals surface area contributed by atoms with Gasteiger partial charge in [0.25, 0.3) is 10.1 Å². The number of alkyl carbamates (subject to hydrolysis) is 1. The minimum Gasteiger partial charge on any atom is -0.497 e. The first-order valence-corrected chi connectivity index (χ1v) is 12.1. The molecule has 2 aromatic rings. The first-order valence-electron chi connectivity index (χ1n) is 9.44. The molecule has 0 saturated carbocycles. The van der Waals surface area contributed by atoms with E-state index in [2.05, 4.69) is 5.32 Å². The molecular weight excluding hydrogens is 426 g/mol. The second-order valence-electron chi connectivity index (χ2n) is 6.75. The summed E-state index contributed by atoms with van der Waals surface area (Å²) in [5.74, 6) is 1.00. The highest BCUT2D eigenvalue weighted by molar-refractivity contribution is 7.99. The molecule has 9 heteroatoms. The first-order chi connectivity index (χ1) is 14.3. The number of benzene rings is 2. The Labute approximate surface area is 181 Å². The monoisotopic (exact) mass is 453 g/mol. The van der Waals surface area contributed by atoms with Crippen LogP contribution in [0, 0.1) is 0 Å². The van der Waals surface area contributed by atoms with E-state index in [0.29, 0.717) is 5.75 Å². The number of methoxy groups -OCH3 is 1. The maximum absolute atomic E-state index is 12.2. The lowest BCUT2D eigenvalue weighted by molar-refractivity contribution is 0.135. The minimum atomic E-state index is -4.13. The van der Waals surface area contributed by atoms with Crippen LogP contribution in [-0.2, 0) is 27.2 Å². The van der Waals surface area contributed by atoms with Crippen molar-refractivity contribution in [3.8, 4) is 5.75 Å². The van der Waals surface area contributed by atoms with Crippen LogP contribution in [0.25, 0.3) is 0 Å². The molecule has 2 atom stereocenters. The second-order valence-corrected chi connectivity index (χ2v) is 9.69. The number of amides is 1. The third-order valence-electron chi connectivity index (χ3n) is 4.44. The van der Waals surface area contributed by atoms with E-state index in [1.54, 1.807) is 18.9 Å². The Morgan fingerprint density at radius 3 is 2.37 bits per heavy atom. The Balaban J connectivity index is 1.93. The number of carbonyl (C=O) groups is 1. The Kier molecular flexibility index (Phi) is 9.48. The van der Waals surface area contributed by atoms with Crippen LogP contribution in [0.15, 0.2) is 54.6 Å². The molecule has 0 spiro atoms. The van der Waals surface area contributed by atoms with Crippen molar-refractivity contribution in [3.05, 3.63) is 65.7 Å². The predicted molar refractivity (Wildman–Crippen MR) is 118 cm³/mol. The number of thioether (sulfide) groups is 1. The minimum absolute atomic E-state index is 0.0794. The molecule has 1 amide bonds. The number of carbonyl (C=O) groups excluding carboxylic acids is 1. The molecule has 0 aliphatic carbocycles. The maximum atomic E-state index is 12.2. The van der Waals surface area contributed by atoms with Gasteiger partial charge in [0, 0.05) is 17.0 Å². The van der Waals surface area contributed by atoms with Crippen LogP contribution >= 0.6 is 11.8 Å². The van der Waals surface area contributed by atoms with Gasteiger partial charge >= 0.3 is 6.09 Å². The SMILES string of the molecule is COc1ccc(CSC(C)C(CCS(=O)(=O)O)NC(=O)OCc2ccccc2)cc1. The van der Waals surface area contributed by atoms with Gasteiger partial charge in [-0.2, -0.15) is 20.2 Å². The molecule has 0 radical (unpaired) electrons. The van der Waals surface area contributed by atoms with E-state index in [0.717, 1.165) is 16.9 Å². The van der Waals surface area contributed by atoms with Crippen LogP contribution in [-0.4, -0.2) is 43.2 Å². The largest absolute Gasteiger partial charge is 0.497 e. The van der Waals surface area contributed by atoms with Gasteiger partial charge in [0.1, 0.15) is 12.4 Å². The lowest BCUT2D eigenvalue weighted by Crippen LogP contribution is -2.42. The van der Waals surface area contributed by atoms with Gasteiger partial charge in [-0.1, -0.05) is 49.4 Å². The van der Waals surface area contributed by atoms with Crippen LogP contribution < -0.4 is 10.1 Å². The molecular formula is C21H27NO6S2. The van der Waals surface area contributed by atoms with Gasteiger partial charge < -0.3 is 14.8 Å². The van der Waals surface area contributed by atoms with Crippen molar-refractivity contribution in [2.45, 2.75) is 37.0 Å². The zero-order valence-corrected chi connectivity index (χ0v) is 18.6. The Bertz CT molecular complexity index is 887. The third kappa shape index (κ3) is 9.06. The molecule has 2 N–H and O–H groups in total. The molecule has 2 rings (SSSR count). The summed E-state index contributed by atoms with van der Waals surface area (Å²) >= 11 is 1.57. The zero-order valence-electron chi connectivity index (χ0n) is 17.0. The Morgan fingerprint density at radius 2 is 1.77 bits per heavy atom. The summed E-state index contributed by atoms with van der Waals surface area (Å²) in [7, 11) is -2.53. The Hall–Kier alpha value is -2.23. The number of ether oxygens (including phenoxy) is 2. The first kappa shape index (κ1) is 24.0. The maximum Gasteiger partial charge on any atom is 0.407 e. The predicted octanol–water partition coefficient (Wildman–Crippen LogP) is 3.89. The number of hydrogen-bond acceptors (Lipinski definition) is 6. The summed E-state index contributed by atoms with van der Waals surface area (Å²) in [6.07, 6.45) is -0.549. The van der Waals surface area contributed by atoms with Crippen molar-refractivity contribution in [2.75, 3.05) is 12.9 Å². The topological polar surface area (TPSA) is 102 Å². The molecule has 2 aromatic carbocycles.